The Kier molecular flexibility index (Phi) is 6.28. The summed E-state index contributed by atoms with van der Waals surface area (Å²) in [7, 11) is 1.60. The molecular formula is C23H22N4O3S. The lowest BCUT2D eigenvalue weighted by Gasteiger charge is -2.25. The molecule has 0 saturated heterocycles. The molecule has 0 amide bonds. The molecule has 8 heteroatoms. The van der Waals surface area contributed by atoms with Crippen LogP contribution in [0, 0.1) is 0 Å². The van der Waals surface area contributed by atoms with Gasteiger partial charge in [0.1, 0.15) is 11.5 Å². The number of methoxy groups -OCH3 is 1. The lowest BCUT2D eigenvalue weighted by atomic mass is 10.1. The van der Waals surface area contributed by atoms with Gasteiger partial charge in [0.2, 0.25) is 0 Å². The van der Waals surface area contributed by atoms with E-state index < -0.39 is 0 Å². The molecule has 3 aromatic heterocycles. The van der Waals surface area contributed by atoms with Gasteiger partial charge in [-0.15, -0.1) is 0 Å². The zero-order valence-corrected chi connectivity index (χ0v) is 17.8. The van der Waals surface area contributed by atoms with Crippen LogP contribution in [0.2, 0.25) is 0 Å². The first kappa shape index (κ1) is 20.6. The monoisotopic (exact) mass is 434 g/mol. The highest BCUT2D eigenvalue weighted by Crippen LogP contribution is 2.19. The molecule has 4 rings (SSSR count). The van der Waals surface area contributed by atoms with Gasteiger partial charge in [-0.25, -0.2) is 0 Å². The number of nitrogens with zero attached hydrogens (tertiary/aromatic N) is 2. The van der Waals surface area contributed by atoms with E-state index in [2.05, 4.69) is 15.3 Å². The number of benzene rings is 1. The molecule has 0 aliphatic rings. The van der Waals surface area contributed by atoms with E-state index in [0.717, 1.165) is 22.2 Å². The first-order valence-electron chi connectivity index (χ1n) is 9.76. The molecule has 31 heavy (non-hydrogen) atoms. The summed E-state index contributed by atoms with van der Waals surface area (Å²) in [5, 5.41) is 4.66. The van der Waals surface area contributed by atoms with Crippen LogP contribution in [0.25, 0.3) is 10.9 Å². The van der Waals surface area contributed by atoms with E-state index in [1.807, 2.05) is 53.4 Å². The third-order valence-electron chi connectivity index (χ3n) is 4.87. The lowest BCUT2D eigenvalue weighted by Crippen LogP contribution is -2.39. The van der Waals surface area contributed by atoms with Gasteiger partial charge in [-0.1, -0.05) is 6.07 Å². The molecule has 4 aromatic rings. The van der Waals surface area contributed by atoms with Crippen LogP contribution in [0.3, 0.4) is 0 Å². The average molecular weight is 435 g/mol. The maximum Gasteiger partial charge on any atom is 0.253 e. The number of furan rings is 1. The zero-order valence-electron chi connectivity index (χ0n) is 17.0. The quantitative estimate of drug-likeness (QED) is 0.430. The molecule has 0 spiro atoms. The number of aromatic nitrogens is 2. The van der Waals surface area contributed by atoms with E-state index in [9.17, 15) is 4.79 Å². The molecule has 158 valence electrons. The van der Waals surface area contributed by atoms with Crippen molar-refractivity contribution >= 4 is 28.2 Å². The summed E-state index contributed by atoms with van der Waals surface area (Å²) in [6.45, 7) is 1.32. The van der Waals surface area contributed by atoms with Crippen molar-refractivity contribution in [2.75, 3.05) is 7.11 Å². The van der Waals surface area contributed by atoms with Crippen LogP contribution in [0.4, 0.5) is 0 Å². The third kappa shape index (κ3) is 5.10. The lowest BCUT2D eigenvalue weighted by molar-refractivity contribution is 0.393. The summed E-state index contributed by atoms with van der Waals surface area (Å²) in [4.78, 5) is 21.8. The van der Waals surface area contributed by atoms with Gasteiger partial charge in [0, 0.05) is 30.6 Å². The Morgan fingerprint density at radius 2 is 2.13 bits per heavy atom. The van der Waals surface area contributed by atoms with Crippen LogP contribution in [0.15, 0.2) is 76.4 Å². The predicted molar refractivity (Wildman–Crippen MR) is 123 cm³/mol. The number of pyridine rings is 2. The molecule has 0 fully saturated rings. The summed E-state index contributed by atoms with van der Waals surface area (Å²) in [5.74, 6) is 1.47. The Bertz CT molecular complexity index is 1220. The van der Waals surface area contributed by atoms with Crippen LogP contribution in [0.1, 0.15) is 16.9 Å². The standard InChI is InChI=1S/C23H22N4O3S/c1-29-19-7-6-17-10-18(22(28)26-21(17)11-19)15-27(14-16-4-2-8-24-12-16)23(31)25-13-20-5-3-9-30-20/h2-12H,13-15H2,1H3,(H,25,31)(H,26,28). The largest absolute Gasteiger partial charge is 0.497 e. The molecule has 3 heterocycles. The Balaban J connectivity index is 1.59. The fraction of sp³-hybridized carbons (Fsp3) is 0.174. The Morgan fingerprint density at radius 1 is 1.23 bits per heavy atom. The topological polar surface area (TPSA) is 83.4 Å². The first-order chi connectivity index (χ1) is 15.1. The first-order valence-corrected chi connectivity index (χ1v) is 10.2. The highest BCUT2D eigenvalue weighted by Gasteiger charge is 2.15. The molecule has 7 nitrogen and oxygen atoms in total. The summed E-state index contributed by atoms with van der Waals surface area (Å²) in [5.41, 5.74) is 2.17. The summed E-state index contributed by atoms with van der Waals surface area (Å²) >= 11 is 5.64. The highest BCUT2D eigenvalue weighted by atomic mass is 32.1. The van der Waals surface area contributed by atoms with Crippen LogP contribution in [-0.4, -0.2) is 27.1 Å². The Morgan fingerprint density at radius 3 is 2.87 bits per heavy atom. The van der Waals surface area contributed by atoms with Crippen molar-refractivity contribution in [2.45, 2.75) is 19.6 Å². The molecule has 0 aliphatic heterocycles. The van der Waals surface area contributed by atoms with E-state index in [1.54, 1.807) is 25.8 Å². The fourth-order valence-corrected chi connectivity index (χ4v) is 3.48. The Hall–Kier alpha value is -3.65. The normalized spacial score (nSPS) is 10.7. The van der Waals surface area contributed by atoms with Gasteiger partial charge in [-0.3, -0.25) is 9.78 Å². The van der Waals surface area contributed by atoms with Crippen LogP contribution in [-0.2, 0) is 19.6 Å². The summed E-state index contributed by atoms with van der Waals surface area (Å²) in [6, 6.07) is 15.1. The minimum atomic E-state index is -0.161. The number of thiocarbonyl (C=S) groups is 1. The number of ether oxygens (including phenoxy) is 1. The van der Waals surface area contributed by atoms with Gasteiger partial charge < -0.3 is 24.4 Å². The van der Waals surface area contributed by atoms with Gasteiger partial charge in [0.05, 0.1) is 32.0 Å². The smallest absolute Gasteiger partial charge is 0.253 e. The van der Waals surface area contributed by atoms with E-state index >= 15 is 0 Å². The molecular weight excluding hydrogens is 412 g/mol. The summed E-state index contributed by atoms with van der Waals surface area (Å²) < 4.78 is 10.6. The number of rotatable bonds is 7. The second-order valence-electron chi connectivity index (χ2n) is 7.03. The van der Waals surface area contributed by atoms with Gasteiger partial charge >= 0.3 is 0 Å². The molecule has 0 radical (unpaired) electrons. The van der Waals surface area contributed by atoms with Crippen molar-refractivity contribution in [1.29, 1.82) is 0 Å². The van der Waals surface area contributed by atoms with E-state index in [0.29, 0.717) is 36.1 Å². The van der Waals surface area contributed by atoms with E-state index in [1.165, 1.54) is 0 Å². The third-order valence-corrected chi connectivity index (χ3v) is 5.27. The SMILES string of the molecule is COc1ccc2cc(CN(Cc3cccnc3)C(=S)NCc3ccco3)c(=O)[nH]c2c1. The summed E-state index contributed by atoms with van der Waals surface area (Å²) in [6.07, 6.45) is 5.14. The van der Waals surface area contributed by atoms with E-state index in [4.69, 9.17) is 21.4 Å². The minimum Gasteiger partial charge on any atom is -0.497 e. The number of nitrogens with one attached hydrogen (secondary N) is 2. The van der Waals surface area contributed by atoms with Crippen LogP contribution >= 0.6 is 12.2 Å². The van der Waals surface area contributed by atoms with Gasteiger partial charge in [-0.05, 0) is 59.6 Å². The fourth-order valence-electron chi connectivity index (χ4n) is 3.27. The molecule has 0 unspecified atom stereocenters. The van der Waals surface area contributed by atoms with Crippen molar-refractivity contribution in [2.24, 2.45) is 0 Å². The van der Waals surface area contributed by atoms with Crippen molar-refractivity contribution < 1.29 is 9.15 Å². The van der Waals surface area contributed by atoms with Crippen molar-refractivity contribution in [3.8, 4) is 5.75 Å². The molecule has 1 aromatic carbocycles. The second-order valence-corrected chi connectivity index (χ2v) is 7.42. The molecule has 0 atom stereocenters. The van der Waals surface area contributed by atoms with Gasteiger partial charge in [0.25, 0.3) is 5.56 Å². The minimum absolute atomic E-state index is 0.161. The Labute approximate surface area is 184 Å². The maximum absolute atomic E-state index is 12.8. The van der Waals surface area contributed by atoms with Gasteiger partial charge in [0.15, 0.2) is 5.11 Å². The molecule has 0 saturated carbocycles. The average Bonchev–Trinajstić information content (AvgIpc) is 3.31. The highest BCUT2D eigenvalue weighted by molar-refractivity contribution is 7.80. The number of hydrogen-bond acceptors (Lipinski definition) is 5. The number of hydrogen-bond donors (Lipinski definition) is 2. The van der Waals surface area contributed by atoms with Crippen LogP contribution in [0.5, 0.6) is 5.75 Å². The predicted octanol–water partition coefficient (Wildman–Crippen LogP) is 3.60. The van der Waals surface area contributed by atoms with Crippen molar-refractivity contribution in [3.63, 3.8) is 0 Å². The number of fused-ring (bicyclic) bond motifs is 1. The number of aromatic amines is 1. The second kappa shape index (κ2) is 9.44. The van der Waals surface area contributed by atoms with Crippen molar-refractivity contribution in [3.05, 3.63) is 94.4 Å². The number of H-pyrrole nitrogens is 1. The zero-order chi connectivity index (χ0) is 21.6. The maximum atomic E-state index is 12.8. The van der Waals surface area contributed by atoms with E-state index in [-0.39, 0.29) is 5.56 Å². The van der Waals surface area contributed by atoms with Crippen LogP contribution < -0.4 is 15.6 Å². The van der Waals surface area contributed by atoms with Gasteiger partial charge in [-0.2, -0.15) is 0 Å². The van der Waals surface area contributed by atoms with Crippen molar-refractivity contribution in [1.82, 2.24) is 20.2 Å². The molecule has 0 aliphatic carbocycles. The molecule has 0 bridgehead atoms. The molecule has 2 N–H and O–H groups in total.